The smallest absolute Gasteiger partial charge is 0.317 e. The van der Waals surface area contributed by atoms with Gasteiger partial charge >= 0.3 is 17.8 Å². The highest BCUT2D eigenvalue weighted by Gasteiger charge is 2.25. The van der Waals surface area contributed by atoms with Crippen molar-refractivity contribution in [3.05, 3.63) is 72.8 Å². The fourth-order valence-corrected chi connectivity index (χ4v) is 2.23. The molecule has 0 aliphatic carbocycles. The topological polar surface area (TPSA) is 91.9 Å². The lowest BCUT2D eigenvalue weighted by Gasteiger charge is -2.07. The minimum atomic E-state index is -0.488. The van der Waals surface area contributed by atoms with E-state index in [-0.39, 0.29) is 5.82 Å². The fourth-order valence-electron chi connectivity index (χ4n) is 2.23. The fraction of sp³-hybridized carbons (Fsp3) is 0.0588. The van der Waals surface area contributed by atoms with Crippen molar-refractivity contribution in [3.63, 3.8) is 0 Å². The Morgan fingerprint density at radius 1 is 0.920 bits per heavy atom. The Bertz CT molecular complexity index is 877. The van der Waals surface area contributed by atoms with E-state index in [2.05, 4.69) is 21.2 Å². The molecule has 8 heteroatoms. The van der Waals surface area contributed by atoms with E-state index in [4.69, 9.17) is 0 Å². The van der Waals surface area contributed by atoms with Crippen LogP contribution in [0.25, 0.3) is 0 Å². The van der Waals surface area contributed by atoms with Crippen LogP contribution in [-0.2, 0) is 7.05 Å². The van der Waals surface area contributed by atoms with Gasteiger partial charge in [0.15, 0.2) is 0 Å². The molecule has 3 aromatic rings. The lowest BCUT2D eigenvalue weighted by Crippen LogP contribution is -2.53. The number of aryl methyl sites for hydroxylation is 1. The monoisotopic (exact) mass is 337 g/mol. The van der Waals surface area contributed by atoms with Crippen LogP contribution in [0.4, 0.5) is 16.2 Å². The summed E-state index contributed by atoms with van der Waals surface area (Å²) in [7, 11) is 1.62. The molecule has 0 aliphatic rings. The number of nitrogens with one attached hydrogen (secondary N) is 3. The van der Waals surface area contributed by atoms with Gasteiger partial charge in [0, 0.05) is 16.5 Å². The van der Waals surface area contributed by atoms with Gasteiger partial charge in [-0.2, -0.15) is 5.43 Å². The molecule has 0 fully saturated rings. The molecule has 0 bridgehead atoms. The van der Waals surface area contributed by atoms with Crippen molar-refractivity contribution < 1.29 is 14.3 Å². The van der Waals surface area contributed by atoms with Gasteiger partial charge in [0.1, 0.15) is 0 Å². The molecule has 0 aliphatic heterocycles. The number of hydrogen-bond donors (Lipinski definition) is 3. The predicted molar refractivity (Wildman–Crippen MR) is 92.6 cm³/mol. The number of nitrogens with zero attached hydrogens (tertiary/aromatic N) is 3. The molecule has 1 heterocycles. The van der Waals surface area contributed by atoms with E-state index in [1.54, 1.807) is 31.3 Å². The average Bonchev–Trinajstić information content (AvgIpc) is 2.97. The Morgan fingerprint density at radius 3 is 2.08 bits per heavy atom. The minimum Gasteiger partial charge on any atom is -0.317 e. The molecule has 0 spiro atoms. The van der Waals surface area contributed by atoms with Gasteiger partial charge in [0.25, 0.3) is 6.33 Å². The van der Waals surface area contributed by atoms with E-state index in [0.29, 0.717) is 11.4 Å². The first-order chi connectivity index (χ1) is 12.1. The second-order valence-electron chi connectivity index (χ2n) is 5.20. The van der Waals surface area contributed by atoms with Crippen molar-refractivity contribution in [2.45, 2.75) is 0 Å². The molecule has 0 saturated heterocycles. The van der Waals surface area contributed by atoms with Gasteiger partial charge in [-0.15, -0.1) is 9.36 Å². The molecule has 1 aromatic heterocycles. The SMILES string of the molecule is Cn1nc[n+](NC(=O)Nc2ccccc2)c1C(=O)Nc1ccccc1. The number of anilines is 2. The normalized spacial score (nSPS) is 10.1. The molecule has 3 rings (SSSR count). The number of amides is 3. The number of rotatable bonds is 4. The van der Waals surface area contributed by atoms with Crippen LogP contribution in [0, 0.1) is 0 Å². The molecule has 0 saturated carbocycles. The molecule has 3 N–H and O–H groups in total. The summed E-state index contributed by atoms with van der Waals surface area (Å²) in [5, 5.41) is 9.45. The maximum Gasteiger partial charge on any atom is 0.349 e. The third kappa shape index (κ3) is 3.99. The van der Waals surface area contributed by atoms with Gasteiger partial charge in [-0.3, -0.25) is 4.79 Å². The highest BCUT2D eigenvalue weighted by molar-refractivity contribution is 6.01. The van der Waals surface area contributed by atoms with E-state index < -0.39 is 11.9 Å². The van der Waals surface area contributed by atoms with Gasteiger partial charge in [-0.25, -0.2) is 4.79 Å². The molecule has 0 unspecified atom stereocenters. The van der Waals surface area contributed by atoms with E-state index in [9.17, 15) is 9.59 Å². The van der Waals surface area contributed by atoms with Crippen LogP contribution < -0.4 is 20.7 Å². The van der Waals surface area contributed by atoms with E-state index >= 15 is 0 Å². The van der Waals surface area contributed by atoms with Crippen LogP contribution >= 0.6 is 0 Å². The number of carbonyl (C=O) groups is 2. The third-order valence-corrected chi connectivity index (χ3v) is 3.36. The summed E-state index contributed by atoms with van der Waals surface area (Å²) < 4.78 is 2.64. The van der Waals surface area contributed by atoms with E-state index in [1.807, 2.05) is 36.4 Å². The predicted octanol–water partition coefficient (Wildman–Crippen LogP) is 1.74. The quantitative estimate of drug-likeness (QED) is 0.633. The molecule has 0 atom stereocenters. The number of para-hydroxylation sites is 2. The highest BCUT2D eigenvalue weighted by Crippen LogP contribution is 2.06. The first kappa shape index (κ1) is 16.2. The number of aromatic nitrogens is 3. The van der Waals surface area contributed by atoms with Gasteiger partial charge in [0.2, 0.25) is 0 Å². The van der Waals surface area contributed by atoms with Crippen LogP contribution in [-0.4, -0.2) is 21.7 Å². The lowest BCUT2D eigenvalue weighted by atomic mass is 10.3. The van der Waals surface area contributed by atoms with Crippen molar-refractivity contribution in [2.75, 3.05) is 16.1 Å². The van der Waals surface area contributed by atoms with Crippen molar-refractivity contribution in [1.29, 1.82) is 0 Å². The number of carbonyl (C=O) groups excluding carboxylic acids is 2. The van der Waals surface area contributed by atoms with Crippen molar-refractivity contribution in [3.8, 4) is 0 Å². The van der Waals surface area contributed by atoms with Crippen LogP contribution in [0.15, 0.2) is 67.0 Å². The second-order valence-corrected chi connectivity index (χ2v) is 5.20. The molecule has 126 valence electrons. The average molecular weight is 337 g/mol. The number of hydrogen-bond acceptors (Lipinski definition) is 3. The van der Waals surface area contributed by atoms with Crippen molar-refractivity contribution in [1.82, 2.24) is 9.78 Å². The molecule has 0 radical (unpaired) electrons. The van der Waals surface area contributed by atoms with E-state index in [1.165, 1.54) is 15.7 Å². The summed E-state index contributed by atoms with van der Waals surface area (Å²) in [6.07, 6.45) is 1.35. The molecule has 25 heavy (non-hydrogen) atoms. The molecular formula is C17H17N6O2+. The zero-order chi connectivity index (χ0) is 17.6. The van der Waals surface area contributed by atoms with Crippen molar-refractivity contribution in [2.24, 2.45) is 7.05 Å². The summed E-state index contributed by atoms with van der Waals surface area (Å²) >= 11 is 0. The largest absolute Gasteiger partial charge is 0.349 e. The Hall–Kier alpha value is -3.68. The van der Waals surface area contributed by atoms with Gasteiger partial charge in [0.05, 0.1) is 7.05 Å². The second kappa shape index (κ2) is 7.26. The lowest BCUT2D eigenvalue weighted by molar-refractivity contribution is -0.643. The highest BCUT2D eigenvalue weighted by atomic mass is 16.2. The van der Waals surface area contributed by atoms with Crippen LogP contribution in [0.2, 0.25) is 0 Å². The summed E-state index contributed by atoms with van der Waals surface area (Å²) in [6, 6.07) is 17.5. The number of urea groups is 1. The summed E-state index contributed by atoms with van der Waals surface area (Å²) in [5.41, 5.74) is 3.85. The van der Waals surface area contributed by atoms with Crippen molar-refractivity contribution >= 4 is 23.3 Å². The van der Waals surface area contributed by atoms with Crippen LogP contribution in [0.1, 0.15) is 10.6 Å². The Kier molecular flexibility index (Phi) is 4.70. The molecule has 8 nitrogen and oxygen atoms in total. The first-order valence-corrected chi connectivity index (χ1v) is 7.56. The zero-order valence-electron chi connectivity index (χ0n) is 13.5. The van der Waals surface area contributed by atoms with Gasteiger partial charge in [-0.1, -0.05) is 36.4 Å². The summed E-state index contributed by atoms with van der Waals surface area (Å²) in [6.45, 7) is 0. The van der Waals surface area contributed by atoms with Crippen LogP contribution in [0.3, 0.4) is 0 Å². The van der Waals surface area contributed by atoms with Gasteiger partial charge < -0.3 is 10.6 Å². The first-order valence-electron chi connectivity index (χ1n) is 7.56. The standard InChI is InChI=1S/C17H16N6O2/c1-22-16(15(24)19-13-8-4-2-5-9-13)23(12-18-22)21-17(25)20-14-10-6-3-7-11-14/h2-12H,1H3,(H2-,19,20,21,24,25)/p+1. The zero-order valence-corrected chi connectivity index (χ0v) is 13.5. The maximum atomic E-state index is 12.5. The molecule has 2 aromatic carbocycles. The molecule has 3 amide bonds. The summed E-state index contributed by atoms with van der Waals surface area (Å²) in [4.78, 5) is 24.6. The maximum absolute atomic E-state index is 12.5. The Balaban J connectivity index is 1.73. The van der Waals surface area contributed by atoms with E-state index in [0.717, 1.165) is 0 Å². The number of benzene rings is 2. The third-order valence-electron chi connectivity index (χ3n) is 3.36. The minimum absolute atomic E-state index is 0.173. The van der Waals surface area contributed by atoms with Gasteiger partial charge in [-0.05, 0) is 24.3 Å². The Labute approximate surface area is 144 Å². The van der Waals surface area contributed by atoms with Crippen LogP contribution in [0.5, 0.6) is 0 Å². The summed E-state index contributed by atoms with van der Waals surface area (Å²) in [5.74, 6) is -0.224. The Morgan fingerprint density at radius 2 is 1.48 bits per heavy atom. The molecular weight excluding hydrogens is 320 g/mol.